The van der Waals surface area contributed by atoms with Crippen LogP contribution in [-0.4, -0.2) is 59.9 Å². The van der Waals surface area contributed by atoms with Crippen LogP contribution >= 0.6 is 7.82 Å². The van der Waals surface area contributed by atoms with Gasteiger partial charge in [-0.25, -0.2) is 4.57 Å². The highest BCUT2D eigenvalue weighted by molar-refractivity contribution is 7.47. The molecule has 0 heterocycles. The summed E-state index contributed by atoms with van der Waals surface area (Å²) in [5.74, 6) is -2.37. The summed E-state index contributed by atoms with van der Waals surface area (Å²) < 4.78 is 32.9. The number of carbonyl (C=O) groups is 3. The number of carboxylic acids is 1. The molecule has 0 aliphatic carbocycles. The van der Waals surface area contributed by atoms with Crippen LogP contribution in [0.1, 0.15) is 258 Å². The summed E-state index contributed by atoms with van der Waals surface area (Å²) in [6, 6.07) is -1.52. The van der Waals surface area contributed by atoms with Crippen molar-refractivity contribution in [1.29, 1.82) is 0 Å². The molecule has 0 spiro atoms. The first kappa shape index (κ1) is 62.0. The van der Waals surface area contributed by atoms with Crippen molar-refractivity contribution in [2.24, 2.45) is 5.73 Å². The molecule has 0 saturated heterocycles. The van der Waals surface area contributed by atoms with Gasteiger partial charge in [-0.05, 0) is 64.2 Å². The van der Waals surface area contributed by atoms with Gasteiger partial charge < -0.3 is 25.2 Å². The van der Waals surface area contributed by atoms with E-state index in [2.05, 4.69) is 42.7 Å². The van der Waals surface area contributed by atoms with Crippen LogP contribution in [0, 0.1) is 0 Å². The normalized spacial score (nSPS) is 13.7. The number of rotatable bonds is 50. The van der Waals surface area contributed by atoms with E-state index in [1.54, 1.807) is 0 Å². The number of hydrogen-bond donors (Lipinski definition) is 3. The van der Waals surface area contributed by atoms with Gasteiger partial charge in [0.1, 0.15) is 12.6 Å². The van der Waals surface area contributed by atoms with Crippen LogP contribution in [0.15, 0.2) is 24.3 Å². The second-order valence-corrected chi connectivity index (χ2v) is 19.5. The predicted octanol–water partition coefficient (Wildman–Crippen LogP) is 15.0. The molecule has 64 heavy (non-hydrogen) atoms. The van der Waals surface area contributed by atoms with Gasteiger partial charge in [-0.15, -0.1) is 0 Å². The summed E-state index contributed by atoms with van der Waals surface area (Å²) >= 11 is 0. The van der Waals surface area contributed by atoms with E-state index >= 15 is 0 Å². The quantitative estimate of drug-likeness (QED) is 0.0229. The van der Waals surface area contributed by atoms with Crippen molar-refractivity contribution in [3.8, 4) is 0 Å². The summed E-state index contributed by atoms with van der Waals surface area (Å²) in [5, 5.41) is 8.92. The Morgan fingerprint density at radius 2 is 0.781 bits per heavy atom. The third kappa shape index (κ3) is 46.5. The van der Waals surface area contributed by atoms with Crippen molar-refractivity contribution < 1.29 is 47.5 Å². The maximum absolute atomic E-state index is 12.7. The van der Waals surface area contributed by atoms with E-state index < -0.39 is 51.1 Å². The lowest BCUT2D eigenvalue weighted by Crippen LogP contribution is -2.34. The van der Waals surface area contributed by atoms with Crippen LogP contribution in [0.25, 0.3) is 0 Å². The highest BCUT2D eigenvalue weighted by atomic mass is 31.2. The molecule has 0 bridgehead atoms. The number of ether oxygens (including phenoxy) is 2. The smallest absolute Gasteiger partial charge is 0.472 e. The molecule has 0 fully saturated rings. The summed E-state index contributed by atoms with van der Waals surface area (Å²) in [5.41, 5.74) is 5.35. The zero-order valence-electron chi connectivity index (χ0n) is 41.1. The number of esters is 2. The molecule has 0 amide bonds. The fourth-order valence-electron chi connectivity index (χ4n) is 7.53. The first-order valence-corrected chi connectivity index (χ1v) is 27.9. The number of nitrogens with two attached hydrogens (primary N) is 1. The van der Waals surface area contributed by atoms with E-state index in [0.29, 0.717) is 12.8 Å². The Hall–Kier alpha value is -2.04. The molecule has 0 radical (unpaired) electrons. The number of unbranched alkanes of at least 4 members (excludes halogenated alkanes) is 32. The average molecular weight is 928 g/mol. The fourth-order valence-corrected chi connectivity index (χ4v) is 8.31. The Kier molecular flexibility index (Phi) is 45.9. The number of aliphatic carboxylic acids is 1. The molecule has 3 atom stereocenters. The number of phosphoric acid groups is 1. The van der Waals surface area contributed by atoms with E-state index in [-0.39, 0.29) is 19.4 Å². The molecule has 0 aliphatic heterocycles. The Balaban J connectivity index is 4.20. The Morgan fingerprint density at radius 1 is 0.469 bits per heavy atom. The molecule has 376 valence electrons. The van der Waals surface area contributed by atoms with E-state index in [1.165, 1.54) is 173 Å². The summed E-state index contributed by atoms with van der Waals surface area (Å²) in [4.78, 5) is 46.2. The SMILES string of the molecule is CCCCCCCC/C=C\CCCCCCCCCC(=O)OCC(COP(=O)(O)OCC(N)C(=O)O)OC(=O)CCCCCCCCCCCCC/C=C\CCCCCCCCCC. The van der Waals surface area contributed by atoms with E-state index in [0.717, 1.165) is 44.9 Å². The minimum absolute atomic E-state index is 0.162. The number of phosphoric ester groups is 1. The van der Waals surface area contributed by atoms with Crippen LogP contribution in [0.3, 0.4) is 0 Å². The van der Waals surface area contributed by atoms with Crippen molar-refractivity contribution in [2.75, 3.05) is 19.8 Å². The van der Waals surface area contributed by atoms with Gasteiger partial charge in [0.05, 0.1) is 13.2 Å². The Bertz CT molecular complexity index is 1180. The summed E-state index contributed by atoms with van der Waals surface area (Å²) in [6.07, 6.45) is 52.4. The Labute approximate surface area is 391 Å². The molecule has 0 aliphatic rings. The fraction of sp³-hybridized carbons (Fsp3) is 0.865. The van der Waals surface area contributed by atoms with Crippen LogP contribution < -0.4 is 5.73 Å². The molecular formula is C52H98NO10P. The predicted molar refractivity (Wildman–Crippen MR) is 263 cm³/mol. The van der Waals surface area contributed by atoms with Gasteiger partial charge in [-0.2, -0.15) is 0 Å². The van der Waals surface area contributed by atoms with Crippen molar-refractivity contribution in [3.05, 3.63) is 24.3 Å². The molecular weight excluding hydrogens is 830 g/mol. The zero-order valence-corrected chi connectivity index (χ0v) is 42.0. The van der Waals surface area contributed by atoms with Crippen LogP contribution in [-0.2, 0) is 37.5 Å². The number of carbonyl (C=O) groups excluding carboxylic acids is 2. The van der Waals surface area contributed by atoms with Crippen molar-refractivity contribution in [1.82, 2.24) is 0 Å². The van der Waals surface area contributed by atoms with Gasteiger partial charge in [0.15, 0.2) is 6.10 Å². The third-order valence-corrected chi connectivity index (χ3v) is 12.6. The van der Waals surface area contributed by atoms with Crippen LogP contribution in [0.4, 0.5) is 0 Å². The average Bonchev–Trinajstić information content (AvgIpc) is 3.27. The largest absolute Gasteiger partial charge is 0.480 e. The lowest BCUT2D eigenvalue weighted by Gasteiger charge is -2.20. The van der Waals surface area contributed by atoms with Gasteiger partial charge in [0, 0.05) is 12.8 Å². The zero-order chi connectivity index (χ0) is 47.0. The monoisotopic (exact) mass is 928 g/mol. The number of allylic oxidation sites excluding steroid dienone is 4. The standard InChI is InChI=1S/C52H98NO10P/c1-3-5-7-9-11-13-15-17-19-21-22-23-24-25-26-28-30-32-34-36-38-40-42-44-51(55)63-48(46-61-64(58,59)62-47-49(53)52(56)57)45-60-50(54)43-41-39-37-35-33-31-29-27-20-18-16-14-12-10-8-6-4-2/h18,20-22,48-49H,3-17,19,23-47,53H2,1-2H3,(H,56,57)(H,58,59)/b20-18-,22-21-. The van der Waals surface area contributed by atoms with Gasteiger partial charge >= 0.3 is 25.7 Å². The lowest BCUT2D eigenvalue weighted by atomic mass is 10.0. The summed E-state index contributed by atoms with van der Waals surface area (Å²) in [6.45, 7) is 2.84. The molecule has 11 nitrogen and oxygen atoms in total. The first-order valence-electron chi connectivity index (χ1n) is 26.4. The van der Waals surface area contributed by atoms with Crippen molar-refractivity contribution >= 4 is 25.7 Å². The maximum Gasteiger partial charge on any atom is 0.472 e. The number of hydrogen-bond acceptors (Lipinski definition) is 9. The summed E-state index contributed by atoms with van der Waals surface area (Å²) in [7, 11) is -4.72. The Morgan fingerprint density at radius 3 is 1.14 bits per heavy atom. The first-order chi connectivity index (χ1) is 31.1. The van der Waals surface area contributed by atoms with Crippen molar-refractivity contribution in [2.45, 2.75) is 270 Å². The third-order valence-electron chi connectivity index (χ3n) is 11.7. The van der Waals surface area contributed by atoms with Gasteiger partial charge in [-0.1, -0.05) is 205 Å². The lowest BCUT2D eigenvalue weighted by molar-refractivity contribution is -0.161. The minimum atomic E-state index is -4.72. The molecule has 4 N–H and O–H groups in total. The van der Waals surface area contributed by atoms with E-state index in [9.17, 15) is 23.8 Å². The highest BCUT2D eigenvalue weighted by Gasteiger charge is 2.28. The van der Waals surface area contributed by atoms with Crippen molar-refractivity contribution in [3.63, 3.8) is 0 Å². The molecule has 12 heteroatoms. The maximum atomic E-state index is 12.7. The topological polar surface area (TPSA) is 172 Å². The van der Waals surface area contributed by atoms with Gasteiger partial charge in [0.2, 0.25) is 0 Å². The molecule has 0 aromatic carbocycles. The van der Waals surface area contributed by atoms with Crippen LogP contribution in [0.5, 0.6) is 0 Å². The molecule has 3 unspecified atom stereocenters. The molecule has 0 aromatic rings. The van der Waals surface area contributed by atoms with Gasteiger partial charge in [-0.3, -0.25) is 23.4 Å². The van der Waals surface area contributed by atoms with Gasteiger partial charge in [0.25, 0.3) is 0 Å². The van der Waals surface area contributed by atoms with E-state index in [4.69, 9.17) is 24.8 Å². The molecule has 0 aromatic heterocycles. The number of carboxylic acid groups (broad SMARTS) is 1. The second-order valence-electron chi connectivity index (χ2n) is 18.0. The highest BCUT2D eigenvalue weighted by Crippen LogP contribution is 2.43. The van der Waals surface area contributed by atoms with Crippen LogP contribution in [0.2, 0.25) is 0 Å². The molecule has 0 rings (SSSR count). The molecule has 0 saturated carbocycles. The second kappa shape index (κ2) is 47.5. The van der Waals surface area contributed by atoms with E-state index in [1.807, 2.05) is 0 Å². The minimum Gasteiger partial charge on any atom is -0.480 e.